The Morgan fingerprint density at radius 3 is 1.74 bits per heavy atom. The van der Waals surface area contributed by atoms with E-state index in [4.69, 9.17) is 21.2 Å². The fraction of sp³-hybridized carbons (Fsp3) is 0.0741. The maximum Gasteiger partial charge on any atom is 0.354 e. The minimum absolute atomic E-state index is 0.0965. The summed E-state index contributed by atoms with van der Waals surface area (Å²) in [4.78, 5) is 21.3. The SMILES string of the molecule is Nc1ccc(-c2cc(C(=O)O)nc3c2ccc2c(-c4ccc(N)cc4)cc(C4OC4O)nc23)cc1. The molecule has 172 valence electrons. The third-order valence-corrected chi connectivity index (χ3v) is 6.20. The average molecular weight is 464 g/mol. The van der Waals surface area contributed by atoms with E-state index in [0.29, 0.717) is 33.7 Å². The van der Waals surface area contributed by atoms with E-state index >= 15 is 0 Å². The fourth-order valence-electron chi connectivity index (χ4n) is 4.37. The van der Waals surface area contributed by atoms with E-state index in [1.165, 1.54) is 0 Å². The van der Waals surface area contributed by atoms with Gasteiger partial charge in [-0.2, -0.15) is 0 Å². The minimum Gasteiger partial charge on any atom is -0.477 e. The summed E-state index contributed by atoms with van der Waals surface area (Å²) in [6.07, 6.45) is -1.48. The number of nitrogens with two attached hydrogens (primary N) is 2. The standard InChI is InChI=1S/C27H20N4O4/c28-15-5-1-13(2-6-15)19-11-21(25-27(34)35-25)30-23-17(19)9-10-18-20(14-3-7-16(29)8-4-14)12-22(26(32)33)31-24(18)23/h1-12,25,27,34H,28-29H2,(H,32,33). The summed E-state index contributed by atoms with van der Waals surface area (Å²) in [5.41, 5.74) is 17.7. The first-order chi connectivity index (χ1) is 16.9. The lowest BCUT2D eigenvalue weighted by Crippen LogP contribution is -2.03. The summed E-state index contributed by atoms with van der Waals surface area (Å²) in [5.74, 6) is -1.14. The van der Waals surface area contributed by atoms with Crippen molar-refractivity contribution in [1.29, 1.82) is 0 Å². The number of aliphatic hydroxyl groups is 1. The normalized spacial score (nSPS) is 17.1. The molecule has 3 heterocycles. The molecule has 3 aromatic carbocycles. The van der Waals surface area contributed by atoms with Gasteiger partial charge in [-0.1, -0.05) is 36.4 Å². The van der Waals surface area contributed by atoms with Crippen LogP contribution in [-0.2, 0) is 4.74 Å². The number of hydrogen-bond acceptors (Lipinski definition) is 7. The predicted octanol–water partition coefficient (Wildman–Crippen LogP) is 4.37. The van der Waals surface area contributed by atoms with E-state index < -0.39 is 18.4 Å². The van der Waals surface area contributed by atoms with E-state index in [-0.39, 0.29) is 5.69 Å². The van der Waals surface area contributed by atoms with Gasteiger partial charge in [0, 0.05) is 22.1 Å². The van der Waals surface area contributed by atoms with Crippen LogP contribution in [0.1, 0.15) is 22.3 Å². The highest BCUT2D eigenvalue weighted by Crippen LogP contribution is 2.41. The lowest BCUT2D eigenvalue weighted by molar-refractivity contribution is 0.0691. The number of epoxide rings is 1. The number of rotatable bonds is 4. The molecule has 8 heteroatoms. The van der Waals surface area contributed by atoms with E-state index in [2.05, 4.69) is 4.98 Å². The smallest absolute Gasteiger partial charge is 0.354 e. The molecule has 5 aromatic rings. The summed E-state index contributed by atoms with van der Waals surface area (Å²) in [6.45, 7) is 0. The number of nitrogens with zero attached hydrogens (tertiary/aromatic N) is 2. The highest BCUT2D eigenvalue weighted by Gasteiger charge is 2.40. The van der Waals surface area contributed by atoms with Crippen molar-refractivity contribution in [1.82, 2.24) is 9.97 Å². The number of carbonyl (C=O) groups is 1. The molecule has 2 aromatic heterocycles. The Labute approximate surface area is 199 Å². The number of carboxylic acid groups (broad SMARTS) is 1. The first-order valence-corrected chi connectivity index (χ1v) is 11.0. The molecule has 0 radical (unpaired) electrons. The van der Waals surface area contributed by atoms with Crippen LogP contribution in [0, 0.1) is 0 Å². The Balaban J connectivity index is 1.70. The number of fused-ring (bicyclic) bond motifs is 3. The lowest BCUT2D eigenvalue weighted by atomic mass is 9.94. The fourth-order valence-corrected chi connectivity index (χ4v) is 4.37. The highest BCUT2D eigenvalue weighted by molar-refractivity contribution is 6.13. The Hall–Kier alpha value is -4.53. The molecule has 1 aliphatic heterocycles. The van der Waals surface area contributed by atoms with Crippen LogP contribution >= 0.6 is 0 Å². The van der Waals surface area contributed by atoms with E-state index in [9.17, 15) is 15.0 Å². The van der Waals surface area contributed by atoms with Gasteiger partial charge in [0.05, 0.1) is 16.7 Å². The van der Waals surface area contributed by atoms with Crippen molar-refractivity contribution in [3.8, 4) is 22.3 Å². The molecule has 1 fully saturated rings. The van der Waals surface area contributed by atoms with Gasteiger partial charge >= 0.3 is 5.97 Å². The van der Waals surface area contributed by atoms with Gasteiger partial charge in [0.1, 0.15) is 5.69 Å². The van der Waals surface area contributed by atoms with Crippen molar-refractivity contribution in [3.05, 3.63) is 84.2 Å². The first kappa shape index (κ1) is 21.0. The van der Waals surface area contributed by atoms with Gasteiger partial charge < -0.3 is 26.4 Å². The predicted molar refractivity (Wildman–Crippen MR) is 134 cm³/mol. The number of benzene rings is 3. The molecule has 1 aliphatic rings. The highest BCUT2D eigenvalue weighted by atomic mass is 16.7. The summed E-state index contributed by atoms with van der Waals surface area (Å²) in [7, 11) is 0. The van der Waals surface area contributed by atoms with Crippen molar-refractivity contribution in [2.24, 2.45) is 0 Å². The monoisotopic (exact) mass is 464 g/mol. The zero-order valence-electron chi connectivity index (χ0n) is 18.3. The minimum atomic E-state index is -1.14. The number of aromatic nitrogens is 2. The van der Waals surface area contributed by atoms with Crippen molar-refractivity contribution in [2.75, 3.05) is 11.5 Å². The second-order valence-electron chi connectivity index (χ2n) is 8.50. The molecule has 35 heavy (non-hydrogen) atoms. The molecule has 1 saturated heterocycles. The molecule has 0 amide bonds. The summed E-state index contributed by atoms with van der Waals surface area (Å²) in [6, 6.07) is 22.0. The molecule has 6 N–H and O–H groups in total. The van der Waals surface area contributed by atoms with Gasteiger partial charge in [-0.25, -0.2) is 14.8 Å². The zero-order valence-corrected chi connectivity index (χ0v) is 18.3. The quantitative estimate of drug-likeness (QED) is 0.174. The first-order valence-electron chi connectivity index (χ1n) is 11.0. The van der Waals surface area contributed by atoms with E-state index in [0.717, 1.165) is 27.5 Å². The Morgan fingerprint density at radius 1 is 0.771 bits per heavy atom. The Kier molecular flexibility index (Phi) is 4.67. The number of carboxylic acids is 1. The van der Waals surface area contributed by atoms with Crippen LogP contribution in [0.3, 0.4) is 0 Å². The summed E-state index contributed by atoms with van der Waals surface area (Å²) < 4.78 is 5.29. The summed E-state index contributed by atoms with van der Waals surface area (Å²) in [5, 5.41) is 21.3. The van der Waals surface area contributed by atoms with Crippen LogP contribution < -0.4 is 11.5 Å². The van der Waals surface area contributed by atoms with Gasteiger partial charge in [0.25, 0.3) is 0 Å². The van der Waals surface area contributed by atoms with Crippen molar-refractivity contribution < 1.29 is 19.7 Å². The topological polar surface area (TPSA) is 148 Å². The molecule has 0 aliphatic carbocycles. The summed E-state index contributed by atoms with van der Waals surface area (Å²) >= 11 is 0. The molecule has 0 saturated carbocycles. The second kappa shape index (κ2) is 7.76. The van der Waals surface area contributed by atoms with Gasteiger partial charge in [0.15, 0.2) is 12.4 Å². The third-order valence-electron chi connectivity index (χ3n) is 6.20. The molecule has 6 rings (SSSR count). The van der Waals surface area contributed by atoms with Crippen LogP contribution in [0.5, 0.6) is 0 Å². The van der Waals surface area contributed by atoms with Gasteiger partial charge in [-0.05, 0) is 58.7 Å². The number of nitrogen functional groups attached to an aromatic ring is 2. The Morgan fingerprint density at radius 2 is 1.26 bits per heavy atom. The van der Waals surface area contributed by atoms with E-state index in [1.807, 2.05) is 54.6 Å². The zero-order chi connectivity index (χ0) is 24.3. The van der Waals surface area contributed by atoms with Crippen LogP contribution in [0.2, 0.25) is 0 Å². The van der Waals surface area contributed by atoms with Crippen molar-refractivity contribution in [2.45, 2.75) is 12.4 Å². The van der Waals surface area contributed by atoms with Crippen LogP contribution in [0.4, 0.5) is 11.4 Å². The average Bonchev–Trinajstić information content (AvgIpc) is 3.60. The van der Waals surface area contributed by atoms with Crippen LogP contribution in [0.15, 0.2) is 72.8 Å². The molecule has 0 spiro atoms. The lowest BCUT2D eigenvalue weighted by Gasteiger charge is -2.14. The maximum absolute atomic E-state index is 12.0. The molecular weight excluding hydrogens is 444 g/mol. The number of hydrogen-bond donors (Lipinski definition) is 4. The number of anilines is 2. The van der Waals surface area contributed by atoms with Gasteiger partial charge in [-0.3, -0.25) is 0 Å². The number of aliphatic hydroxyl groups excluding tert-OH is 1. The largest absolute Gasteiger partial charge is 0.477 e. The molecule has 8 nitrogen and oxygen atoms in total. The number of ether oxygens (including phenoxy) is 1. The van der Waals surface area contributed by atoms with Gasteiger partial charge in [-0.15, -0.1) is 0 Å². The molecule has 2 unspecified atom stereocenters. The number of aromatic carboxylic acids is 1. The maximum atomic E-state index is 12.0. The second-order valence-corrected chi connectivity index (χ2v) is 8.50. The van der Waals surface area contributed by atoms with Crippen LogP contribution in [0.25, 0.3) is 44.1 Å². The molecule has 0 bridgehead atoms. The third kappa shape index (κ3) is 3.61. The van der Waals surface area contributed by atoms with Crippen LogP contribution in [-0.4, -0.2) is 32.4 Å². The number of pyridine rings is 2. The van der Waals surface area contributed by atoms with E-state index in [1.54, 1.807) is 18.2 Å². The van der Waals surface area contributed by atoms with Gasteiger partial charge in [0.2, 0.25) is 0 Å². The molecular formula is C27H20N4O4. The Bertz CT molecular complexity index is 1630. The van der Waals surface area contributed by atoms with Crippen molar-refractivity contribution in [3.63, 3.8) is 0 Å². The van der Waals surface area contributed by atoms with Crippen molar-refractivity contribution >= 4 is 39.1 Å². The molecule has 2 atom stereocenters.